The average molecular weight is 425 g/mol. The lowest BCUT2D eigenvalue weighted by Gasteiger charge is -2.25. The van der Waals surface area contributed by atoms with Crippen molar-refractivity contribution in [1.29, 1.82) is 0 Å². The number of benzene rings is 1. The quantitative estimate of drug-likeness (QED) is 0.658. The molecule has 2 aliphatic heterocycles. The molecule has 0 bridgehead atoms. The molecule has 2 fully saturated rings. The van der Waals surface area contributed by atoms with Gasteiger partial charge in [0.1, 0.15) is 12.3 Å². The summed E-state index contributed by atoms with van der Waals surface area (Å²) in [6, 6.07) is 6.61. The van der Waals surface area contributed by atoms with Gasteiger partial charge >= 0.3 is 0 Å². The lowest BCUT2D eigenvalue weighted by Crippen LogP contribution is -2.45. The van der Waals surface area contributed by atoms with Crippen molar-refractivity contribution in [2.75, 3.05) is 32.2 Å². The molecule has 150 valence electrons. The number of imide groups is 1. The summed E-state index contributed by atoms with van der Waals surface area (Å²) in [6.07, 6.45) is 1.94. The fourth-order valence-electron chi connectivity index (χ4n) is 3.05. The van der Waals surface area contributed by atoms with Gasteiger partial charge in [0.2, 0.25) is 5.91 Å². The third-order valence-electron chi connectivity index (χ3n) is 4.71. The highest BCUT2D eigenvalue weighted by Gasteiger charge is 2.39. The Hall–Kier alpha value is -2.33. The molecule has 1 aromatic carbocycles. The van der Waals surface area contributed by atoms with Gasteiger partial charge in [-0.3, -0.25) is 19.3 Å². The van der Waals surface area contributed by atoms with E-state index in [1.807, 2.05) is 0 Å². The minimum absolute atomic E-state index is 0.0418. The number of hydrogen-bond donors (Lipinski definition) is 0. The Labute approximate surface area is 167 Å². The molecule has 0 aromatic heterocycles. The van der Waals surface area contributed by atoms with Gasteiger partial charge in [0, 0.05) is 13.1 Å². The van der Waals surface area contributed by atoms with Crippen molar-refractivity contribution in [2.24, 2.45) is 0 Å². The molecule has 10 heteroatoms. The van der Waals surface area contributed by atoms with Crippen molar-refractivity contribution in [1.82, 2.24) is 9.80 Å². The zero-order valence-electron chi connectivity index (χ0n) is 15.5. The van der Waals surface area contributed by atoms with Crippen LogP contribution in [0.15, 0.2) is 29.2 Å². The zero-order valence-corrected chi connectivity index (χ0v) is 17.1. The number of carbonyl (C=O) groups is 3. The normalized spacial score (nSPS) is 22.7. The van der Waals surface area contributed by atoms with E-state index in [2.05, 4.69) is 0 Å². The largest absolute Gasteiger partial charge is 0.497 e. The van der Waals surface area contributed by atoms with E-state index in [0.717, 1.165) is 16.7 Å². The maximum atomic E-state index is 12.6. The first-order valence-electron chi connectivity index (χ1n) is 8.55. The molecule has 0 saturated carbocycles. The summed E-state index contributed by atoms with van der Waals surface area (Å²) in [5, 5.41) is -0.528. The van der Waals surface area contributed by atoms with Crippen molar-refractivity contribution >= 4 is 44.7 Å². The van der Waals surface area contributed by atoms with Gasteiger partial charge in [-0.15, -0.1) is 0 Å². The summed E-state index contributed by atoms with van der Waals surface area (Å²) in [6.45, 7) is -0.410. The van der Waals surface area contributed by atoms with Crippen LogP contribution in [0.25, 0.3) is 6.08 Å². The minimum Gasteiger partial charge on any atom is -0.497 e. The smallest absolute Gasteiger partial charge is 0.294 e. The molecule has 0 radical (unpaired) electrons. The van der Waals surface area contributed by atoms with Crippen LogP contribution < -0.4 is 4.74 Å². The number of nitrogens with zero attached hydrogens (tertiary/aromatic N) is 2. The topological polar surface area (TPSA) is 101 Å². The zero-order chi connectivity index (χ0) is 20.5. The highest BCUT2D eigenvalue weighted by atomic mass is 32.2. The van der Waals surface area contributed by atoms with Gasteiger partial charge in [0.05, 0.1) is 23.5 Å². The molecular formula is C18H20N2O6S2. The number of likely N-dealkylation sites (N-methyl/N-ethyl adjacent to an activating group) is 1. The molecule has 3 rings (SSSR count). The second kappa shape index (κ2) is 7.96. The Morgan fingerprint density at radius 3 is 2.79 bits per heavy atom. The van der Waals surface area contributed by atoms with E-state index >= 15 is 0 Å². The van der Waals surface area contributed by atoms with E-state index in [4.69, 9.17) is 4.74 Å². The lowest BCUT2D eigenvalue weighted by atomic mass is 10.2. The van der Waals surface area contributed by atoms with Crippen LogP contribution in [0.3, 0.4) is 0 Å². The van der Waals surface area contributed by atoms with Gasteiger partial charge in [-0.2, -0.15) is 0 Å². The first kappa shape index (κ1) is 20.4. The van der Waals surface area contributed by atoms with Crippen molar-refractivity contribution < 1.29 is 27.5 Å². The molecule has 2 aliphatic rings. The summed E-state index contributed by atoms with van der Waals surface area (Å²) >= 11 is 0.767. The molecule has 2 saturated heterocycles. The third kappa shape index (κ3) is 4.39. The first-order chi connectivity index (χ1) is 13.2. The molecule has 1 aromatic rings. The Balaban J connectivity index is 1.69. The summed E-state index contributed by atoms with van der Waals surface area (Å²) in [7, 11) is -0.105. The fraction of sp³-hybridized carbons (Fsp3) is 0.389. The predicted molar refractivity (Wildman–Crippen MR) is 105 cm³/mol. The van der Waals surface area contributed by atoms with Gasteiger partial charge in [0.15, 0.2) is 9.84 Å². The lowest BCUT2D eigenvalue weighted by molar-refractivity contribution is -0.136. The minimum atomic E-state index is -3.14. The van der Waals surface area contributed by atoms with Crippen LogP contribution in [0, 0.1) is 0 Å². The van der Waals surface area contributed by atoms with Gasteiger partial charge in [-0.1, -0.05) is 12.1 Å². The van der Waals surface area contributed by atoms with Crippen LogP contribution in [0.4, 0.5) is 4.79 Å². The third-order valence-corrected chi connectivity index (χ3v) is 7.37. The highest BCUT2D eigenvalue weighted by Crippen LogP contribution is 2.32. The van der Waals surface area contributed by atoms with Gasteiger partial charge < -0.3 is 9.64 Å². The Bertz CT molecular complexity index is 957. The Morgan fingerprint density at radius 2 is 2.14 bits per heavy atom. The van der Waals surface area contributed by atoms with Crippen LogP contribution in [-0.2, 0) is 19.4 Å². The van der Waals surface area contributed by atoms with E-state index in [9.17, 15) is 22.8 Å². The van der Waals surface area contributed by atoms with Crippen molar-refractivity contribution in [3.05, 3.63) is 34.7 Å². The Morgan fingerprint density at radius 1 is 1.39 bits per heavy atom. The van der Waals surface area contributed by atoms with Crippen LogP contribution in [0.1, 0.15) is 12.0 Å². The SMILES string of the molecule is COc1cccc(/C=C2\SC(=O)N(CC(=O)N(C)[C@@H]3CCS(=O)(=O)C3)C2=O)c1. The Kier molecular flexibility index (Phi) is 5.80. The van der Waals surface area contributed by atoms with Gasteiger partial charge in [-0.05, 0) is 42.0 Å². The number of thioether (sulfide) groups is 1. The average Bonchev–Trinajstić information content (AvgIpc) is 3.15. The molecule has 28 heavy (non-hydrogen) atoms. The molecule has 1 atom stereocenters. The van der Waals surface area contributed by atoms with Crippen molar-refractivity contribution in [3.63, 3.8) is 0 Å². The fourth-order valence-corrected chi connectivity index (χ4v) is 5.66. The monoisotopic (exact) mass is 424 g/mol. The second-order valence-corrected chi connectivity index (χ2v) is 9.83. The number of ether oxygens (including phenoxy) is 1. The molecule has 3 amide bonds. The van der Waals surface area contributed by atoms with E-state index in [1.54, 1.807) is 30.3 Å². The summed E-state index contributed by atoms with van der Waals surface area (Å²) in [5.41, 5.74) is 0.699. The predicted octanol–water partition coefficient (Wildman–Crippen LogP) is 1.38. The van der Waals surface area contributed by atoms with Gasteiger partial charge in [-0.25, -0.2) is 8.42 Å². The van der Waals surface area contributed by atoms with E-state index in [-0.39, 0.29) is 16.4 Å². The number of hydrogen-bond acceptors (Lipinski definition) is 7. The van der Waals surface area contributed by atoms with E-state index < -0.39 is 39.5 Å². The number of sulfone groups is 1. The second-order valence-electron chi connectivity index (χ2n) is 6.61. The van der Waals surface area contributed by atoms with E-state index in [0.29, 0.717) is 17.7 Å². The number of carbonyl (C=O) groups excluding carboxylic acids is 3. The molecule has 0 unspecified atom stereocenters. The van der Waals surface area contributed by atoms with Crippen molar-refractivity contribution in [2.45, 2.75) is 12.5 Å². The summed E-state index contributed by atoms with van der Waals surface area (Å²) in [5.74, 6) is -0.436. The van der Waals surface area contributed by atoms with Crippen LogP contribution in [-0.4, -0.2) is 73.5 Å². The molecule has 0 aliphatic carbocycles. The van der Waals surface area contributed by atoms with Crippen LogP contribution in [0.2, 0.25) is 0 Å². The van der Waals surface area contributed by atoms with Crippen molar-refractivity contribution in [3.8, 4) is 5.75 Å². The molecule has 8 nitrogen and oxygen atoms in total. The molecular weight excluding hydrogens is 404 g/mol. The number of amides is 3. The number of methoxy groups -OCH3 is 1. The summed E-state index contributed by atoms with van der Waals surface area (Å²) < 4.78 is 28.3. The van der Waals surface area contributed by atoms with Gasteiger partial charge in [0.25, 0.3) is 11.1 Å². The molecule has 0 N–H and O–H groups in total. The maximum Gasteiger partial charge on any atom is 0.294 e. The summed E-state index contributed by atoms with van der Waals surface area (Å²) in [4.78, 5) is 39.7. The maximum absolute atomic E-state index is 12.6. The standard InChI is InChI=1S/C18H20N2O6S2/c1-19(13-6-7-28(24,25)11-13)16(21)10-20-17(22)15(27-18(20)23)9-12-4-3-5-14(8-12)26-2/h3-5,8-9,13H,6-7,10-11H2,1-2H3/b15-9-/t13-/m1/s1. The molecule has 2 heterocycles. The highest BCUT2D eigenvalue weighted by molar-refractivity contribution is 8.18. The first-order valence-corrected chi connectivity index (χ1v) is 11.2. The molecule has 0 spiro atoms. The van der Waals surface area contributed by atoms with E-state index in [1.165, 1.54) is 19.1 Å². The van der Waals surface area contributed by atoms with Crippen LogP contribution in [0.5, 0.6) is 5.75 Å². The number of rotatable bonds is 5. The van der Waals surface area contributed by atoms with Crippen LogP contribution >= 0.6 is 11.8 Å².